The summed E-state index contributed by atoms with van der Waals surface area (Å²) in [4.78, 5) is 25.6. The molecule has 7 heteroatoms. The molecule has 2 N–H and O–H groups in total. The lowest BCUT2D eigenvalue weighted by molar-refractivity contribution is -0.116. The van der Waals surface area contributed by atoms with E-state index in [0.717, 1.165) is 23.4 Å². The van der Waals surface area contributed by atoms with E-state index in [1.54, 1.807) is 17.9 Å². The molecule has 3 rings (SSSR count). The first-order valence-electron chi connectivity index (χ1n) is 8.28. The van der Waals surface area contributed by atoms with Gasteiger partial charge < -0.3 is 15.5 Å². The number of fused-ring (bicyclic) bond motifs is 1. The third kappa shape index (κ3) is 3.93. The molecule has 25 heavy (non-hydrogen) atoms. The Bertz CT molecular complexity index is 789. The van der Waals surface area contributed by atoms with Gasteiger partial charge in [-0.1, -0.05) is 0 Å². The van der Waals surface area contributed by atoms with Crippen LogP contribution in [0.1, 0.15) is 28.5 Å². The van der Waals surface area contributed by atoms with Gasteiger partial charge in [-0.15, -0.1) is 5.10 Å². The average molecular weight is 339 g/mol. The van der Waals surface area contributed by atoms with Gasteiger partial charge in [-0.25, -0.2) is 0 Å². The molecule has 0 spiro atoms. The zero-order valence-electron chi connectivity index (χ0n) is 14.4. The standard InChI is InChI=1S/C18H21N5O2/c1-12-3-6-17(22-21-12)19-8-9-20-18(25)15-4-5-16-14(11-15)7-10-23(16)13(2)24/h3-6,11H,7-10H2,1-2H3,(H,19,22)(H,20,25). The second kappa shape index (κ2) is 7.29. The van der Waals surface area contributed by atoms with Gasteiger partial charge in [0.15, 0.2) is 0 Å². The molecule has 0 aliphatic carbocycles. The predicted octanol–water partition coefficient (Wildman–Crippen LogP) is 1.54. The fourth-order valence-corrected chi connectivity index (χ4v) is 2.83. The average Bonchev–Trinajstić information content (AvgIpc) is 3.03. The second-order valence-corrected chi connectivity index (χ2v) is 6.01. The van der Waals surface area contributed by atoms with E-state index in [-0.39, 0.29) is 11.8 Å². The normalized spacial score (nSPS) is 12.6. The molecule has 1 aliphatic rings. The van der Waals surface area contributed by atoms with E-state index in [1.165, 1.54) is 0 Å². The van der Waals surface area contributed by atoms with Crippen molar-refractivity contribution in [2.24, 2.45) is 0 Å². The molecular weight excluding hydrogens is 318 g/mol. The lowest BCUT2D eigenvalue weighted by atomic mass is 10.1. The number of benzene rings is 1. The number of aryl methyl sites for hydroxylation is 1. The third-order valence-corrected chi connectivity index (χ3v) is 4.13. The third-order valence-electron chi connectivity index (χ3n) is 4.13. The van der Waals surface area contributed by atoms with E-state index in [4.69, 9.17) is 0 Å². The Morgan fingerprint density at radius 1 is 1.16 bits per heavy atom. The van der Waals surface area contributed by atoms with Crippen molar-refractivity contribution in [2.75, 3.05) is 29.9 Å². The van der Waals surface area contributed by atoms with Crippen LogP contribution in [-0.4, -0.2) is 41.6 Å². The Morgan fingerprint density at radius 2 is 2.00 bits per heavy atom. The second-order valence-electron chi connectivity index (χ2n) is 6.01. The van der Waals surface area contributed by atoms with Crippen LogP contribution in [-0.2, 0) is 11.2 Å². The molecule has 2 aromatic rings. The number of rotatable bonds is 5. The first-order chi connectivity index (χ1) is 12.0. The van der Waals surface area contributed by atoms with Crippen LogP contribution in [0.2, 0.25) is 0 Å². The number of anilines is 2. The molecular formula is C18H21N5O2. The number of hydrogen-bond acceptors (Lipinski definition) is 5. The molecule has 2 amide bonds. The Labute approximate surface area is 146 Å². The van der Waals surface area contributed by atoms with Crippen molar-refractivity contribution in [3.8, 4) is 0 Å². The number of nitrogens with one attached hydrogen (secondary N) is 2. The SMILES string of the molecule is CC(=O)N1CCc2cc(C(=O)NCCNc3ccc(C)nn3)ccc21. The number of carbonyl (C=O) groups is 2. The van der Waals surface area contributed by atoms with Gasteiger partial charge in [0.05, 0.1) is 5.69 Å². The van der Waals surface area contributed by atoms with Gasteiger partial charge >= 0.3 is 0 Å². The van der Waals surface area contributed by atoms with Crippen molar-refractivity contribution < 1.29 is 9.59 Å². The summed E-state index contributed by atoms with van der Waals surface area (Å²) < 4.78 is 0. The topological polar surface area (TPSA) is 87.2 Å². The van der Waals surface area contributed by atoms with Crippen molar-refractivity contribution in [3.63, 3.8) is 0 Å². The molecule has 0 saturated heterocycles. The largest absolute Gasteiger partial charge is 0.367 e. The summed E-state index contributed by atoms with van der Waals surface area (Å²) in [5.74, 6) is 0.587. The molecule has 1 aliphatic heterocycles. The van der Waals surface area contributed by atoms with E-state index in [0.29, 0.717) is 31.0 Å². The van der Waals surface area contributed by atoms with Crippen LogP contribution in [0.4, 0.5) is 11.5 Å². The lowest BCUT2D eigenvalue weighted by Gasteiger charge is -2.14. The molecule has 0 unspecified atom stereocenters. The number of amides is 2. The van der Waals surface area contributed by atoms with E-state index in [2.05, 4.69) is 20.8 Å². The highest BCUT2D eigenvalue weighted by Crippen LogP contribution is 2.28. The summed E-state index contributed by atoms with van der Waals surface area (Å²) in [7, 11) is 0. The van der Waals surface area contributed by atoms with Crippen molar-refractivity contribution in [1.29, 1.82) is 0 Å². The molecule has 0 radical (unpaired) electrons. The molecule has 7 nitrogen and oxygen atoms in total. The smallest absolute Gasteiger partial charge is 0.251 e. The van der Waals surface area contributed by atoms with Gasteiger partial charge in [-0.05, 0) is 49.2 Å². The molecule has 0 bridgehead atoms. The first-order valence-corrected chi connectivity index (χ1v) is 8.28. The van der Waals surface area contributed by atoms with Gasteiger partial charge in [0.2, 0.25) is 5.91 Å². The van der Waals surface area contributed by atoms with Crippen LogP contribution >= 0.6 is 0 Å². The van der Waals surface area contributed by atoms with Crippen LogP contribution in [0.25, 0.3) is 0 Å². The van der Waals surface area contributed by atoms with Crippen LogP contribution in [0.5, 0.6) is 0 Å². The Balaban J connectivity index is 1.52. The van der Waals surface area contributed by atoms with Gasteiger partial charge in [-0.3, -0.25) is 9.59 Å². The predicted molar refractivity (Wildman–Crippen MR) is 95.8 cm³/mol. The zero-order valence-corrected chi connectivity index (χ0v) is 14.4. The monoisotopic (exact) mass is 339 g/mol. The van der Waals surface area contributed by atoms with E-state index < -0.39 is 0 Å². The zero-order chi connectivity index (χ0) is 17.8. The Hall–Kier alpha value is -2.96. The van der Waals surface area contributed by atoms with Gasteiger partial charge in [0.25, 0.3) is 5.91 Å². The summed E-state index contributed by atoms with van der Waals surface area (Å²) >= 11 is 0. The fourth-order valence-electron chi connectivity index (χ4n) is 2.83. The van der Waals surface area contributed by atoms with Crippen LogP contribution in [0.15, 0.2) is 30.3 Å². The maximum absolute atomic E-state index is 12.3. The van der Waals surface area contributed by atoms with Gasteiger partial charge in [0, 0.05) is 37.8 Å². The number of nitrogens with zero attached hydrogens (tertiary/aromatic N) is 3. The fraction of sp³-hybridized carbons (Fsp3) is 0.333. The Morgan fingerprint density at radius 3 is 2.72 bits per heavy atom. The van der Waals surface area contributed by atoms with E-state index >= 15 is 0 Å². The highest BCUT2D eigenvalue weighted by Gasteiger charge is 2.22. The molecule has 0 saturated carbocycles. The van der Waals surface area contributed by atoms with Crippen LogP contribution < -0.4 is 15.5 Å². The quantitative estimate of drug-likeness (QED) is 0.807. The van der Waals surface area contributed by atoms with Crippen molar-refractivity contribution in [3.05, 3.63) is 47.2 Å². The molecule has 1 aromatic carbocycles. The minimum atomic E-state index is -0.124. The number of aromatic nitrogens is 2. The van der Waals surface area contributed by atoms with Gasteiger partial charge in [-0.2, -0.15) is 5.10 Å². The van der Waals surface area contributed by atoms with Crippen molar-refractivity contribution >= 4 is 23.3 Å². The van der Waals surface area contributed by atoms with Crippen molar-refractivity contribution in [2.45, 2.75) is 20.3 Å². The van der Waals surface area contributed by atoms with Crippen molar-refractivity contribution in [1.82, 2.24) is 15.5 Å². The summed E-state index contributed by atoms with van der Waals surface area (Å²) in [5, 5.41) is 14.0. The molecule has 0 atom stereocenters. The Kier molecular flexibility index (Phi) is 4.92. The molecule has 0 fully saturated rings. The summed E-state index contributed by atoms with van der Waals surface area (Å²) in [6, 6.07) is 9.20. The number of carbonyl (C=O) groups excluding carboxylic acids is 2. The molecule has 2 heterocycles. The summed E-state index contributed by atoms with van der Waals surface area (Å²) in [5.41, 5.74) is 3.41. The molecule has 1 aromatic heterocycles. The minimum Gasteiger partial charge on any atom is -0.367 e. The lowest BCUT2D eigenvalue weighted by Crippen LogP contribution is -2.29. The maximum atomic E-state index is 12.3. The highest BCUT2D eigenvalue weighted by atomic mass is 16.2. The number of hydrogen-bond donors (Lipinski definition) is 2. The van der Waals surface area contributed by atoms with Crippen LogP contribution in [0, 0.1) is 6.92 Å². The van der Waals surface area contributed by atoms with Gasteiger partial charge in [0.1, 0.15) is 5.82 Å². The summed E-state index contributed by atoms with van der Waals surface area (Å²) in [6.45, 7) is 5.15. The van der Waals surface area contributed by atoms with E-state index in [9.17, 15) is 9.59 Å². The molecule has 130 valence electrons. The maximum Gasteiger partial charge on any atom is 0.251 e. The first kappa shape index (κ1) is 16.9. The van der Waals surface area contributed by atoms with Crippen LogP contribution in [0.3, 0.4) is 0 Å². The van der Waals surface area contributed by atoms with E-state index in [1.807, 2.05) is 31.2 Å². The highest BCUT2D eigenvalue weighted by molar-refractivity contribution is 5.97. The summed E-state index contributed by atoms with van der Waals surface area (Å²) in [6.07, 6.45) is 0.781. The minimum absolute atomic E-state index is 0.0289.